The zero-order chi connectivity index (χ0) is 20.4. The molecule has 1 aromatic heterocycles. The number of sulfonamides is 1. The van der Waals surface area contributed by atoms with E-state index in [2.05, 4.69) is 10.4 Å². The molecular weight excluding hydrogens is 419 g/mol. The van der Waals surface area contributed by atoms with Crippen LogP contribution in [0.4, 0.5) is 5.69 Å². The van der Waals surface area contributed by atoms with Gasteiger partial charge in [0.1, 0.15) is 17.3 Å². The molecule has 12 heteroatoms. The Morgan fingerprint density at radius 3 is 2.59 bits per heavy atom. The highest BCUT2D eigenvalue weighted by Crippen LogP contribution is 2.28. The minimum Gasteiger partial charge on any atom is -0.495 e. The highest BCUT2D eigenvalue weighted by atomic mass is 35.5. The second-order valence-corrected chi connectivity index (χ2v) is 8.40. The van der Waals surface area contributed by atoms with Gasteiger partial charge in [0.25, 0.3) is 5.56 Å². The second-order valence-electron chi connectivity index (χ2n) is 5.47. The maximum atomic E-state index is 12.3. The van der Waals surface area contributed by atoms with Crippen LogP contribution in [-0.4, -0.2) is 49.6 Å². The Hall–Kier alpha value is -2.14. The standard InChI is InChI=1S/C15H16Cl2N4O5S/c1-20(2)27(24,25)9-4-5-12(26-3)11(6-9)19-13(22)8-21-15(23)14(17)10(16)7-18-21/h4-7H,8H2,1-3H3,(H,19,22). The van der Waals surface area contributed by atoms with E-state index in [1.54, 1.807) is 0 Å². The Morgan fingerprint density at radius 1 is 1.33 bits per heavy atom. The summed E-state index contributed by atoms with van der Waals surface area (Å²) in [5.41, 5.74) is -0.603. The first-order valence-corrected chi connectivity index (χ1v) is 9.59. The smallest absolute Gasteiger partial charge is 0.287 e. The lowest BCUT2D eigenvalue weighted by molar-refractivity contribution is -0.117. The molecular formula is C15H16Cl2N4O5S. The van der Waals surface area contributed by atoms with Crippen molar-refractivity contribution in [1.29, 1.82) is 0 Å². The van der Waals surface area contributed by atoms with E-state index >= 15 is 0 Å². The van der Waals surface area contributed by atoms with Crippen LogP contribution in [0.1, 0.15) is 0 Å². The average molecular weight is 435 g/mol. The molecule has 1 amide bonds. The van der Waals surface area contributed by atoms with E-state index in [0.717, 1.165) is 15.2 Å². The normalized spacial score (nSPS) is 11.5. The number of carbonyl (C=O) groups is 1. The molecule has 0 unspecified atom stereocenters. The number of nitrogens with one attached hydrogen (secondary N) is 1. The van der Waals surface area contributed by atoms with Gasteiger partial charge in [-0.05, 0) is 18.2 Å². The first-order chi connectivity index (χ1) is 12.6. The van der Waals surface area contributed by atoms with Gasteiger partial charge >= 0.3 is 0 Å². The Bertz CT molecular complexity index is 1040. The molecule has 0 saturated heterocycles. The Kier molecular flexibility index (Phi) is 6.47. The number of hydrogen-bond acceptors (Lipinski definition) is 6. The van der Waals surface area contributed by atoms with Gasteiger partial charge in [0.2, 0.25) is 15.9 Å². The lowest BCUT2D eigenvalue weighted by atomic mass is 10.3. The molecule has 0 aliphatic heterocycles. The zero-order valence-corrected chi connectivity index (χ0v) is 16.9. The van der Waals surface area contributed by atoms with E-state index in [-0.39, 0.29) is 26.4 Å². The van der Waals surface area contributed by atoms with Crippen molar-refractivity contribution in [2.24, 2.45) is 0 Å². The minimum atomic E-state index is -3.71. The number of carbonyl (C=O) groups excluding carboxylic acids is 1. The predicted octanol–water partition coefficient (Wildman–Crippen LogP) is 1.45. The number of ether oxygens (including phenoxy) is 1. The molecule has 146 valence electrons. The molecule has 0 spiro atoms. The lowest BCUT2D eigenvalue weighted by Crippen LogP contribution is -2.30. The number of anilines is 1. The summed E-state index contributed by atoms with van der Waals surface area (Å²) < 4.78 is 31.5. The van der Waals surface area contributed by atoms with Gasteiger partial charge in [0.05, 0.1) is 28.9 Å². The van der Waals surface area contributed by atoms with Crippen LogP contribution in [-0.2, 0) is 21.4 Å². The van der Waals surface area contributed by atoms with Crippen LogP contribution in [0.2, 0.25) is 10.0 Å². The summed E-state index contributed by atoms with van der Waals surface area (Å²) in [6.07, 6.45) is 1.14. The van der Waals surface area contributed by atoms with Crippen LogP contribution < -0.4 is 15.6 Å². The second kappa shape index (κ2) is 8.26. The molecule has 0 bridgehead atoms. The van der Waals surface area contributed by atoms with Crippen molar-refractivity contribution in [2.75, 3.05) is 26.5 Å². The fourth-order valence-corrected chi connectivity index (χ4v) is 3.24. The molecule has 1 aromatic carbocycles. The van der Waals surface area contributed by atoms with Crippen molar-refractivity contribution < 1.29 is 17.9 Å². The topological polar surface area (TPSA) is 111 Å². The number of amides is 1. The summed E-state index contributed by atoms with van der Waals surface area (Å²) in [4.78, 5) is 24.2. The molecule has 0 atom stereocenters. The van der Waals surface area contributed by atoms with Gasteiger partial charge in [-0.2, -0.15) is 5.10 Å². The van der Waals surface area contributed by atoms with Crippen LogP contribution in [0.25, 0.3) is 0 Å². The quantitative estimate of drug-likeness (QED) is 0.736. The van der Waals surface area contributed by atoms with E-state index < -0.39 is 28.0 Å². The highest BCUT2D eigenvalue weighted by Gasteiger charge is 2.20. The molecule has 2 rings (SSSR count). The van der Waals surface area contributed by atoms with Crippen LogP contribution in [0.15, 0.2) is 34.1 Å². The molecule has 1 heterocycles. The van der Waals surface area contributed by atoms with Crippen LogP contribution >= 0.6 is 23.2 Å². The predicted molar refractivity (Wildman–Crippen MR) is 101 cm³/mol. The highest BCUT2D eigenvalue weighted by molar-refractivity contribution is 7.89. The van der Waals surface area contributed by atoms with E-state index in [1.807, 2.05) is 0 Å². The molecule has 0 aliphatic carbocycles. The summed E-state index contributed by atoms with van der Waals surface area (Å²) in [6.45, 7) is -0.455. The monoisotopic (exact) mass is 434 g/mol. The maximum Gasteiger partial charge on any atom is 0.287 e. The van der Waals surface area contributed by atoms with Crippen molar-refractivity contribution in [3.63, 3.8) is 0 Å². The van der Waals surface area contributed by atoms with Crippen LogP contribution in [0.5, 0.6) is 5.75 Å². The molecule has 9 nitrogen and oxygen atoms in total. The van der Waals surface area contributed by atoms with E-state index in [1.165, 1.54) is 39.4 Å². The van der Waals surface area contributed by atoms with Crippen LogP contribution in [0, 0.1) is 0 Å². The summed E-state index contributed by atoms with van der Waals surface area (Å²) in [5.74, 6) is -0.392. The first kappa shape index (κ1) is 21.2. The zero-order valence-electron chi connectivity index (χ0n) is 14.6. The van der Waals surface area contributed by atoms with Crippen molar-refractivity contribution in [1.82, 2.24) is 14.1 Å². The Labute approximate surface area is 165 Å². The van der Waals surface area contributed by atoms with E-state index in [9.17, 15) is 18.0 Å². The number of methoxy groups -OCH3 is 1. The average Bonchev–Trinajstić information content (AvgIpc) is 2.62. The van der Waals surface area contributed by atoms with Gasteiger partial charge in [-0.15, -0.1) is 0 Å². The first-order valence-electron chi connectivity index (χ1n) is 7.39. The molecule has 0 radical (unpaired) electrons. The molecule has 0 fully saturated rings. The lowest BCUT2D eigenvalue weighted by Gasteiger charge is -2.15. The van der Waals surface area contributed by atoms with E-state index in [4.69, 9.17) is 27.9 Å². The molecule has 27 heavy (non-hydrogen) atoms. The van der Waals surface area contributed by atoms with Gasteiger partial charge in [-0.1, -0.05) is 23.2 Å². The number of hydrogen-bond donors (Lipinski definition) is 1. The van der Waals surface area contributed by atoms with Crippen molar-refractivity contribution in [3.8, 4) is 5.75 Å². The largest absolute Gasteiger partial charge is 0.495 e. The molecule has 1 N–H and O–H groups in total. The van der Waals surface area contributed by atoms with Gasteiger partial charge < -0.3 is 10.1 Å². The number of rotatable bonds is 6. The van der Waals surface area contributed by atoms with Gasteiger partial charge in [0, 0.05) is 14.1 Å². The number of halogens is 2. The third-order valence-corrected chi connectivity index (χ3v) is 6.02. The molecule has 0 saturated carbocycles. The molecule has 2 aromatic rings. The van der Waals surface area contributed by atoms with Gasteiger partial charge in [-0.25, -0.2) is 17.4 Å². The van der Waals surface area contributed by atoms with E-state index in [0.29, 0.717) is 0 Å². The fourth-order valence-electron chi connectivity index (χ4n) is 2.04. The summed E-state index contributed by atoms with van der Waals surface area (Å²) in [7, 11) is 0.440. The Balaban J connectivity index is 2.32. The summed E-state index contributed by atoms with van der Waals surface area (Å²) in [5, 5.41) is 5.96. The number of aromatic nitrogens is 2. The van der Waals surface area contributed by atoms with Gasteiger partial charge in [0.15, 0.2) is 0 Å². The summed E-state index contributed by atoms with van der Waals surface area (Å²) in [6, 6.07) is 4.03. The van der Waals surface area contributed by atoms with Crippen molar-refractivity contribution in [2.45, 2.75) is 11.4 Å². The SMILES string of the molecule is COc1ccc(S(=O)(=O)N(C)C)cc1NC(=O)Cn1ncc(Cl)c(Cl)c1=O. The maximum absolute atomic E-state index is 12.3. The minimum absolute atomic E-state index is 0.0263. The number of nitrogens with zero attached hydrogens (tertiary/aromatic N) is 3. The third-order valence-electron chi connectivity index (χ3n) is 3.46. The Morgan fingerprint density at radius 2 is 2.00 bits per heavy atom. The number of benzene rings is 1. The third kappa shape index (κ3) is 4.59. The van der Waals surface area contributed by atoms with Crippen LogP contribution in [0.3, 0.4) is 0 Å². The van der Waals surface area contributed by atoms with Crippen molar-refractivity contribution >= 4 is 44.8 Å². The summed E-state index contributed by atoms with van der Waals surface area (Å²) >= 11 is 11.4. The van der Waals surface area contributed by atoms with Gasteiger partial charge in [-0.3, -0.25) is 9.59 Å². The molecule has 0 aliphatic rings. The van der Waals surface area contributed by atoms with Crippen molar-refractivity contribution in [3.05, 3.63) is 44.8 Å². The fraction of sp³-hybridized carbons (Fsp3) is 0.267.